The van der Waals surface area contributed by atoms with E-state index >= 15 is 0 Å². The first-order chi connectivity index (χ1) is 8.18. The van der Waals surface area contributed by atoms with Crippen LogP contribution in [0.15, 0.2) is 17.5 Å². The van der Waals surface area contributed by atoms with Crippen molar-refractivity contribution < 1.29 is 4.79 Å². The van der Waals surface area contributed by atoms with Crippen LogP contribution in [0.25, 0.3) is 0 Å². The number of likely N-dealkylation sites (N-methyl/N-ethyl adjacent to an activating group) is 1. The van der Waals surface area contributed by atoms with E-state index in [9.17, 15) is 4.79 Å². The van der Waals surface area contributed by atoms with Gasteiger partial charge in [-0.25, -0.2) is 0 Å². The second-order valence-corrected chi connectivity index (χ2v) is 5.85. The molecule has 17 heavy (non-hydrogen) atoms. The number of amides is 1. The lowest BCUT2D eigenvalue weighted by molar-refractivity contribution is -0.127. The van der Waals surface area contributed by atoms with Crippen LogP contribution in [0, 0.1) is 5.92 Å². The Kier molecular flexibility index (Phi) is 4.18. The van der Waals surface area contributed by atoms with E-state index in [1.165, 1.54) is 11.3 Å². The Bertz CT molecular complexity index is 358. The lowest BCUT2D eigenvalue weighted by Gasteiger charge is -2.27. The number of hydrogen-bond donors (Lipinski definition) is 1. The van der Waals surface area contributed by atoms with Crippen LogP contribution in [0.3, 0.4) is 0 Å². The molecule has 4 heteroatoms. The van der Waals surface area contributed by atoms with Crippen molar-refractivity contribution in [3.05, 3.63) is 22.4 Å². The monoisotopic (exact) mass is 252 g/mol. The van der Waals surface area contributed by atoms with Gasteiger partial charge in [0.2, 0.25) is 5.91 Å². The second-order valence-electron chi connectivity index (χ2n) is 4.87. The van der Waals surface area contributed by atoms with Gasteiger partial charge in [-0.2, -0.15) is 0 Å². The van der Waals surface area contributed by atoms with Crippen LogP contribution < -0.4 is 5.32 Å². The molecule has 0 aromatic carbocycles. The van der Waals surface area contributed by atoms with E-state index < -0.39 is 0 Å². The summed E-state index contributed by atoms with van der Waals surface area (Å²) in [4.78, 5) is 15.3. The van der Waals surface area contributed by atoms with E-state index in [-0.39, 0.29) is 11.8 Å². The molecule has 0 spiro atoms. The number of carbonyl (C=O) groups excluding carboxylic acids is 1. The molecule has 94 valence electrons. The molecule has 1 amide bonds. The Balaban J connectivity index is 1.88. The Labute approximate surface area is 107 Å². The predicted molar refractivity (Wildman–Crippen MR) is 71.1 cm³/mol. The molecule has 1 aromatic rings. The highest BCUT2D eigenvalue weighted by Crippen LogP contribution is 2.27. The van der Waals surface area contributed by atoms with Gasteiger partial charge in [0, 0.05) is 17.3 Å². The summed E-state index contributed by atoms with van der Waals surface area (Å²) in [6, 6.07) is 4.48. The molecule has 1 saturated carbocycles. The first-order valence-corrected chi connectivity index (χ1v) is 7.04. The molecule has 0 radical (unpaired) electrons. The number of hydrogen-bond acceptors (Lipinski definition) is 3. The molecule has 2 rings (SSSR count). The first kappa shape index (κ1) is 12.6. The zero-order valence-electron chi connectivity index (χ0n) is 10.5. The van der Waals surface area contributed by atoms with Crippen LogP contribution in [0.4, 0.5) is 0 Å². The molecular formula is C13H20N2OS. The summed E-state index contributed by atoms with van der Waals surface area (Å²) in [6.07, 6.45) is 3.34. The highest BCUT2D eigenvalue weighted by atomic mass is 32.1. The number of nitrogens with zero attached hydrogens (tertiary/aromatic N) is 1. The molecule has 1 atom stereocenters. The van der Waals surface area contributed by atoms with Crippen LogP contribution in [0.5, 0.6) is 0 Å². The SMILES string of the molecule is CN(C)[C@@H](CNC(=O)C1CCC1)c1cccs1. The molecule has 1 fully saturated rings. The fourth-order valence-electron chi connectivity index (χ4n) is 2.03. The zero-order chi connectivity index (χ0) is 12.3. The summed E-state index contributed by atoms with van der Waals surface area (Å²) in [6.45, 7) is 0.711. The van der Waals surface area contributed by atoms with Crippen molar-refractivity contribution in [2.75, 3.05) is 20.6 Å². The molecule has 1 aliphatic rings. The Morgan fingerprint density at radius 2 is 2.35 bits per heavy atom. The average molecular weight is 252 g/mol. The Morgan fingerprint density at radius 1 is 1.59 bits per heavy atom. The molecule has 1 aromatic heterocycles. The molecule has 0 aliphatic heterocycles. The van der Waals surface area contributed by atoms with Crippen LogP contribution in [0.1, 0.15) is 30.2 Å². The number of carbonyl (C=O) groups is 1. The largest absolute Gasteiger partial charge is 0.354 e. The number of rotatable bonds is 5. The lowest BCUT2D eigenvalue weighted by Crippen LogP contribution is -2.39. The van der Waals surface area contributed by atoms with Crippen LogP contribution in [0.2, 0.25) is 0 Å². The minimum atomic E-state index is 0.236. The third-order valence-electron chi connectivity index (χ3n) is 3.44. The summed E-state index contributed by atoms with van der Waals surface area (Å²) in [5, 5.41) is 5.16. The Morgan fingerprint density at radius 3 is 2.82 bits per heavy atom. The molecule has 1 heterocycles. The molecule has 0 bridgehead atoms. The van der Waals surface area contributed by atoms with Gasteiger partial charge in [0.15, 0.2) is 0 Å². The van der Waals surface area contributed by atoms with E-state index in [1.807, 2.05) is 0 Å². The van der Waals surface area contributed by atoms with Crippen molar-refractivity contribution in [2.45, 2.75) is 25.3 Å². The average Bonchev–Trinajstić information content (AvgIpc) is 2.67. The summed E-state index contributed by atoms with van der Waals surface area (Å²) in [7, 11) is 4.11. The second kappa shape index (κ2) is 5.65. The lowest BCUT2D eigenvalue weighted by atomic mass is 9.85. The molecule has 0 unspecified atom stereocenters. The maximum absolute atomic E-state index is 11.8. The molecular weight excluding hydrogens is 232 g/mol. The van der Waals surface area contributed by atoms with E-state index in [0.29, 0.717) is 12.6 Å². The molecule has 1 aliphatic carbocycles. The van der Waals surface area contributed by atoms with Gasteiger partial charge in [-0.15, -0.1) is 11.3 Å². The van der Waals surface area contributed by atoms with Gasteiger partial charge >= 0.3 is 0 Å². The summed E-state index contributed by atoms with van der Waals surface area (Å²) in [5.74, 6) is 0.515. The van der Waals surface area contributed by atoms with Crippen molar-refractivity contribution in [3.63, 3.8) is 0 Å². The summed E-state index contributed by atoms with van der Waals surface area (Å²) in [5.41, 5.74) is 0. The zero-order valence-corrected chi connectivity index (χ0v) is 11.3. The van der Waals surface area contributed by atoms with Crippen molar-refractivity contribution in [3.8, 4) is 0 Å². The van der Waals surface area contributed by atoms with Gasteiger partial charge in [0.25, 0.3) is 0 Å². The van der Waals surface area contributed by atoms with Crippen LogP contribution in [-0.4, -0.2) is 31.4 Å². The topological polar surface area (TPSA) is 32.3 Å². The quantitative estimate of drug-likeness (QED) is 0.872. The van der Waals surface area contributed by atoms with Gasteiger partial charge in [-0.05, 0) is 38.4 Å². The van der Waals surface area contributed by atoms with E-state index in [4.69, 9.17) is 0 Å². The Hall–Kier alpha value is -0.870. The minimum Gasteiger partial charge on any atom is -0.354 e. The molecule has 1 N–H and O–H groups in total. The van der Waals surface area contributed by atoms with Gasteiger partial charge in [0.05, 0.1) is 6.04 Å². The third kappa shape index (κ3) is 3.07. The van der Waals surface area contributed by atoms with Gasteiger partial charge in [-0.3, -0.25) is 4.79 Å². The summed E-state index contributed by atoms with van der Waals surface area (Å²) < 4.78 is 0. The highest BCUT2D eigenvalue weighted by molar-refractivity contribution is 7.10. The van der Waals surface area contributed by atoms with Crippen molar-refractivity contribution >= 4 is 17.2 Å². The van der Waals surface area contributed by atoms with Crippen LogP contribution in [-0.2, 0) is 4.79 Å². The first-order valence-electron chi connectivity index (χ1n) is 6.16. The van der Waals surface area contributed by atoms with Gasteiger partial charge in [0.1, 0.15) is 0 Å². The summed E-state index contributed by atoms with van der Waals surface area (Å²) >= 11 is 1.75. The van der Waals surface area contributed by atoms with E-state index in [0.717, 1.165) is 12.8 Å². The fraction of sp³-hybridized carbons (Fsp3) is 0.615. The predicted octanol–water partition coefficient (Wildman–Crippen LogP) is 2.27. The fourth-order valence-corrected chi connectivity index (χ4v) is 2.95. The van der Waals surface area contributed by atoms with E-state index in [1.54, 1.807) is 11.3 Å². The van der Waals surface area contributed by atoms with Gasteiger partial charge < -0.3 is 10.2 Å². The highest BCUT2D eigenvalue weighted by Gasteiger charge is 2.26. The van der Waals surface area contributed by atoms with Crippen molar-refractivity contribution in [1.29, 1.82) is 0 Å². The number of nitrogens with one attached hydrogen (secondary N) is 1. The normalized spacial score (nSPS) is 17.8. The maximum Gasteiger partial charge on any atom is 0.223 e. The van der Waals surface area contributed by atoms with Crippen LogP contribution >= 0.6 is 11.3 Å². The van der Waals surface area contributed by atoms with E-state index in [2.05, 4.69) is 41.8 Å². The smallest absolute Gasteiger partial charge is 0.223 e. The standard InChI is InChI=1S/C13H20N2OS/c1-15(2)11(12-7-4-8-17-12)9-14-13(16)10-5-3-6-10/h4,7-8,10-11H,3,5-6,9H2,1-2H3,(H,14,16)/t11-/m0/s1. The molecule has 3 nitrogen and oxygen atoms in total. The molecule has 0 saturated heterocycles. The third-order valence-corrected chi connectivity index (χ3v) is 4.41. The van der Waals surface area contributed by atoms with Crippen molar-refractivity contribution in [1.82, 2.24) is 10.2 Å². The minimum absolute atomic E-state index is 0.236. The number of thiophene rings is 1. The van der Waals surface area contributed by atoms with Crippen molar-refractivity contribution in [2.24, 2.45) is 5.92 Å². The maximum atomic E-state index is 11.8. The van der Waals surface area contributed by atoms with Gasteiger partial charge in [-0.1, -0.05) is 12.5 Å².